The minimum Gasteiger partial charge on any atom is -0.458 e. The van der Waals surface area contributed by atoms with Gasteiger partial charge in [-0.05, 0) is 30.5 Å². The van der Waals surface area contributed by atoms with Crippen molar-refractivity contribution in [1.29, 1.82) is 0 Å². The number of nitrogens with zero attached hydrogens (tertiary/aromatic N) is 2. The molecule has 3 rings (SSSR count). The fourth-order valence-electron chi connectivity index (χ4n) is 3.40. The van der Waals surface area contributed by atoms with Crippen molar-refractivity contribution in [2.75, 3.05) is 12.4 Å². The van der Waals surface area contributed by atoms with Gasteiger partial charge in [-0.2, -0.15) is 0 Å². The zero-order valence-corrected chi connectivity index (χ0v) is 19.2. The van der Waals surface area contributed by atoms with E-state index in [1.54, 1.807) is 0 Å². The summed E-state index contributed by atoms with van der Waals surface area (Å²) < 4.78 is 10.5. The van der Waals surface area contributed by atoms with Crippen LogP contribution in [0.2, 0.25) is 0 Å². The molecule has 33 heavy (non-hydrogen) atoms. The number of halogens is 1. The standard InChI is InChI=1S/C20H22ClN3O8S/c1-11(25)22-16-18(27)23(19(16)33-10-14(26)15-3-2-8-31-15)17(21)20(28)32-9-12-4-6-13(7-5-12)24(29)30/h4-7,15-17,19H,2-3,8-10H2,1H3,(H,22,25). The smallest absolute Gasteiger partial charge is 0.345 e. The lowest BCUT2D eigenvalue weighted by atomic mass is 10.1. The second-order valence-electron chi connectivity index (χ2n) is 7.46. The van der Waals surface area contributed by atoms with Crippen LogP contribution in [-0.2, 0) is 35.3 Å². The third kappa shape index (κ3) is 6.01. The molecule has 0 aliphatic carbocycles. The molecule has 13 heteroatoms. The zero-order valence-electron chi connectivity index (χ0n) is 17.6. The number of likely N-dealkylation sites (tertiary alicyclic amines) is 1. The number of ether oxygens (including phenoxy) is 2. The molecule has 4 atom stereocenters. The summed E-state index contributed by atoms with van der Waals surface area (Å²) in [5.74, 6) is -2.02. The van der Waals surface area contributed by atoms with Gasteiger partial charge in [0.25, 0.3) is 11.6 Å². The number of Topliss-reactive ketones (excluding diaryl/α,β-unsaturated/α-hetero) is 1. The molecule has 0 spiro atoms. The molecule has 0 radical (unpaired) electrons. The number of hydrogen-bond acceptors (Lipinski definition) is 9. The van der Waals surface area contributed by atoms with Crippen LogP contribution in [0.5, 0.6) is 0 Å². The fourth-order valence-corrected chi connectivity index (χ4v) is 5.03. The summed E-state index contributed by atoms with van der Waals surface area (Å²) in [5, 5.41) is 12.5. The zero-order chi connectivity index (χ0) is 24.1. The highest BCUT2D eigenvalue weighted by atomic mass is 35.5. The average molecular weight is 500 g/mol. The number of hydrogen-bond donors (Lipinski definition) is 1. The molecule has 1 N–H and O–H groups in total. The number of esters is 1. The van der Waals surface area contributed by atoms with Gasteiger partial charge in [0.2, 0.25) is 11.4 Å². The number of amides is 2. The van der Waals surface area contributed by atoms with Gasteiger partial charge in [-0.15, -0.1) is 11.8 Å². The van der Waals surface area contributed by atoms with Gasteiger partial charge >= 0.3 is 5.97 Å². The van der Waals surface area contributed by atoms with Crippen molar-refractivity contribution >= 4 is 52.6 Å². The summed E-state index contributed by atoms with van der Waals surface area (Å²) in [7, 11) is 0. The van der Waals surface area contributed by atoms with E-state index >= 15 is 0 Å². The van der Waals surface area contributed by atoms with Crippen LogP contribution in [-0.4, -0.2) is 68.8 Å². The first-order valence-corrected chi connectivity index (χ1v) is 11.6. The number of β-lactam (4-membered cyclic amide) rings is 1. The van der Waals surface area contributed by atoms with Gasteiger partial charge in [0.1, 0.15) is 24.1 Å². The Balaban J connectivity index is 1.60. The molecule has 2 heterocycles. The van der Waals surface area contributed by atoms with Crippen LogP contribution in [0.25, 0.3) is 0 Å². The maximum atomic E-state index is 12.6. The second kappa shape index (κ2) is 10.9. The highest BCUT2D eigenvalue weighted by Crippen LogP contribution is 2.34. The van der Waals surface area contributed by atoms with Crippen LogP contribution in [0.3, 0.4) is 0 Å². The predicted octanol–water partition coefficient (Wildman–Crippen LogP) is 1.36. The number of nitro benzene ring substituents is 1. The maximum Gasteiger partial charge on any atom is 0.345 e. The molecular weight excluding hydrogens is 478 g/mol. The second-order valence-corrected chi connectivity index (χ2v) is 8.98. The quantitative estimate of drug-likeness (QED) is 0.126. The van der Waals surface area contributed by atoms with Crippen molar-refractivity contribution in [2.24, 2.45) is 0 Å². The fraction of sp³-hybridized carbons (Fsp3) is 0.500. The van der Waals surface area contributed by atoms with Crippen LogP contribution in [0.4, 0.5) is 5.69 Å². The summed E-state index contributed by atoms with van der Waals surface area (Å²) in [6.45, 7) is 1.58. The monoisotopic (exact) mass is 499 g/mol. The number of benzene rings is 1. The molecule has 2 amide bonds. The number of carbonyl (C=O) groups excluding carboxylic acids is 4. The minimum absolute atomic E-state index is 0.0245. The Bertz CT molecular complexity index is 938. The summed E-state index contributed by atoms with van der Waals surface area (Å²) in [5.41, 5.74) is -1.08. The van der Waals surface area contributed by atoms with Gasteiger partial charge in [-0.3, -0.25) is 29.4 Å². The highest BCUT2D eigenvalue weighted by Gasteiger charge is 2.53. The summed E-state index contributed by atoms with van der Waals surface area (Å²) in [6.07, 6.45) is 0.947. The van der Waals surface area contributed by atoms with E-state index in [2.05, 4.69) is 5.32 Å². The number of nitro groups is 1. The molecule has 1 aromatic rings. The van der Waals surface area contributed by atoms with Crippen LogP contribution in [0.1, 0.15) is 25.3 Å². The van der Waals surface area contributed by atoms with E-state index in [-0.39, 0.29) is 23.8 Å². The third-order valence-corrected chi connectivity index (χ3v) is 6.77. The first-order valence-electron chi connectivity index (χ1n) is 10.1. The first kappa shape index (κ1) is 24.9. The Morgan fingerprint density at radius 2 is 2.06 bits per heavy atom. The Labute approximate surface area is 198 Å². The molecule has 0 aromatic heterocycles. The van der Waals surface area contributed by atoms with Crippen molar-refractivity contribution < 1.29 is 33.6 Å². The van der Waals surface area contributed by atoms with Gasteiger partial charge < -0.3 is 14.8 Å². The summed E-state index contributed by atoms with van der Waals surface area (Å²) in [4.78, 5) is 60.1. The Morgan fingerprint density at radius 1 is 1.36 bits per heavy atom. The summed E-state index contributed by atoms with van der Waals surface area (Å²) >= 11 is 7.29. The largest absolute Gasteiger partial charge is 0.458 e. The van der Waals surface area contributed by atoms with Crippen molar-refractivity contribution in [1.82, 2.24) is 10.2 Å². The number of thioether (sulfide) groups is 1. The molecule has 4 unspecified atom stereocenters. The Kier molecular flexibility index (Phi) is 8.27. The molecule has 2 aliphatic rings. The number of nitrogens with one attached hydrogen (secondary N) is 1. The van der Waals surface area contributed by atoms with Gasteiger partial charge in [0, 0.05) is 25.7 Å². The number of rotatable bonds is 10. The van der Waals surface area contributed by atoms with E-state index in [0.29, 0.717) is 18.6 Å². The lowest BCUT2D eigenvalue weighted by Gasteiger charge is -2.47. The van der Waals surface area contributed by atoms with Crippen molar-refractivity contribution in [3.63, 3.8) is 0 Å². The molecule has 178 valence electrons. The number of non-ortho nitro benzene ring substituents is 1. The Hall–Kier alpha value is -2.70. The van der Waals surface area contributed by atoms with E-state index in [0.717, 1.165) is 23.1 Å². The van der Waals surface area contributed by atoms with Crippen molar-refractivity contribution in [3.8, 4) is 0 Å². The van der Waals surface area contributed by atoms with E-state index in [1.165, 1.54) is 31.2 Å². The van der Waals surface area contributed by atoms with E-state index < -0.39 is 45.7 Å². The average Bonchev–Trinajstić information content (AvgIpc) is 3.33. The van der Waals surface area contributed by atoms with Crippen LogP contribution in [0, 0.1) is 10.1 Å². The number of carbonyl (C=O) groups is 4. The minimum atomic E-state index is -1.48. The normalized spacial score (nSPS) is 22.9. The molecule has 0 bridgehead atoms. The maximum absolute atomic E-state index is 12.6. The van der Waals surface area contributed by atoms with Crippen LogP contribution >= 0.6 is 23.4 Å². The van der Waals surface area contributed by atoms with E-state index in [1.807, 2.05) is 0 Å². The molecule has 1 aromatic carbocycles. The van der Waals surface area contributed by atoms with Crippen LogP contribution in [0.15, 0.2) is 24.3 Å². The van der Waals surface area contributed by atoms with Crippen molar-refractivity contribution in [3.05, 3.63) is 39.9 Å². The van der Waals surface area contributed by atoms with Gasteiger partial charge in [-0.25, -0.2) is 4.79 Å². The van der Waals surface area contributed by atoms with E-state index in [4.69, 9.17) is 21.1 Å². The van der Waals surface area contributed by atoms with Crippen molar-refractivity contribution in [2.45, 2.75) is 49.4 Å². The van der Waals surface area contributed by atoms with Gasteiger partial charge in [-0.1, -0.05) is 11.6 Å². The highest BCUT2D eigenvalue weighted by molar-refractivity contribution is 8.00. The lowest BCUT2D eigenvalue weighted by Crippen LogP contribution is -2.72. The topological polar surface area (TPSA) is 145 Å². The predicted molar refractivity (Wildman–Crippen MR) is 117 cm³/mol. The molecule has 0 saturated carbocycles. The number of ketones is 1. The first-order chi connectivity index (χ1) is 15.7. The molecule has 2 fully saturated rings. The molecule has 2 aliphatic heterocycles. The SMILES string of the molecule is CC(=O)NC1C(=O)N(C(Cl)C(=O)OCc2ccc([N+](=O)[O-])cc2)C1SCC(=O)C1CCCO1. The van der Waals surface area contributed by atoms with Gasteiger partial charge in [0.05, 0.1) is 10.7 Å². The van der Waals surface area contributed by atoms with E-state index in [9.17, 15) is 29.3 Å². The summed E-state index contributed by atoms with van der Waals surface area (Å²) in [6, 6.07) is 4.50. The van der Waals surface area contributed by atoms with Crippen LogP contribution < -0.4 is 5.32 Å². The molecular formula is C20H22ClN3O8S. The molecule has 11 nitrogen and oxygen atoms in total. The lowest BCUT2D eigenvalue weighted by molar-refractivity contribution is -0.384. The number of alkyl halides is 1. The van der Waals surface area contributed by atoms with Gasteiger partial charge in [0.15, 0.2) is 5.78 Å². The third-order valence-electron chi connectivity index (χ3n) is 5.09. The Morgan fingerprint density at radius 3 is 2.64 bits per heavy atom. The molecule has 2 saturated heterocycles.